The number of nitrogens with one attached hydrogen (secondary N) is 1. The molecule has 0 bridgehead atoms. The molecule has 0 saturated carbocycles. The predicted molar refractivity (Wildman–Crippen MR) is 105 cm³/mol. The molecule has 0 aliphatic rings. The predicted octanol–water partition coefficient (Wildman–Crippen LogP) is 5.36. The summed E-state index contributed by atoms with van der Waals surface area (Å²) in [6, 6.07) is 18.5. The molecule has 3 aromatic rings. The molecule has 0 spiro atoms. The van der Waals surface area contributed by atoms with Crippen molar-refractivity contribution in [2.24, 2.45) is 0 Å². The Balaban J connectivity index is 1.50. The van der Waals surface area contributed by atoms with Crippen molar-refractivity contribution in [3.05, 3.63) is 76.0 Å². The Morgan fingerprint density at radius 1 is 1.04 bits per heavy atom. The fourth-order valence-corrected chi connectivity index (χ4v) is 2.91. The monoisotopic (exact) mass is 399 g/mol. The highest BCUT2D eigenvalue weighted by atomic mass is 79.9. The normalized spacial score (nSPS) is 10.8. The number of rotatable bonds is 7. The van der Waals surface area contributed by atoms with Gasteiger partial charge in [-0.05, 0) is 67.4 Å². The van der Waals surface area contributed by atoms with Crippen LogP contribution in [0.3, 0.4) is 0 Å². The van der Waals surface area contributed by atoms with Crippen molar-refractivity contribution in [3.8, 4) is 17.1 Å². The van der Waals surface area contributed by atoms with Crippen LogP contribution < -0.4 is 10.1 Å². The average molecular weight is 400 g/mol. The Hall–Kier alpha value is -2.04. The fraction of sp³-hybridized carbons (Fsp3) is 0.238. The Bertz CT molecular complexity index is 824. The molecule has 0 aliphatic carbocycles. The van der Waals surface area contributed by atoms with Gasteiger partial charge >= 0.3 is 0 Å². The zero-order valence-corrected chi connectivity index (χ0v) is 16.1. The maximum absolute atomic E-state index is 5.95. The molecule has 0 saturated heterocycles. The summed E-state index contributed by atoms with van der Waals surface area (Å²) in [4.78, 5) is 0. The summed E-state index contributed by atoms with van der Waals surface area (Å²) in [6.45, 7) is 3.71. The smallest absolute Gasteiger partial charge is 0.134 e. The van der Waals surface area contributed by atoms with E-state index < -0.39 is 0 Å². The summed E-state index contributed by atoms with van der Waals surface area (Å²) in [5.41, 5.74) is 3.59. The molecule has 0 amide bonds. The van der Waals surface area contributed by atoms with Crippen molar-refractivity contribution >= 4 is 15.9 Å². The number of aryl methyl sites for hydroxylation is 1. The summed E-state index contributed by atoms with van der Waals surface area (Å²) in [5, 5.41) is 3.43. The lowest BCUT2D eigenvalue weighted by atomic mass is 10.1. The van der Waals surface area contributed by atoms with E-state index in [4.69, 9.17) is 9.15 Å². The molecule has 0 unspecified atom stereocenters. The van der Waals surface area contributed by atoms with Gasteiger partial charge in [0.2, 0.25) is 0 Å². The number of benzene rings is 2. The van der Waals surface area contributed by atoms with E-state index in [0.717, 1.165) is 46.8 Å². The zero-order valence-electron chi connectivity index (χ0n) is 14.5. The highest BCUT2D eigenvalue weighted by molar-refractivity contribution is 9.10. The van der Waals surface area contributed by atoms with Crippen LogP contribution in [0, 0.1) is 6.92 Å². The van der Waals surface area contributed by atoms with E-state index >= 15 is 0 Å². The Kier molecular flexibility index (Phi) is 5.95. The second kappa shape index (κ2) is 8.37. The first-order valence-corrected chi connectivity index (χ1v) is 9.14. The van der Waals surface area contributed by atoms with Gasteiger partial charge in [0.05, 0.1) is 13.7 Å². The third-order valence-electron chi connectivity index (χ3n) is 4.15. The lowest BCUT2D eigenvalue weighted by molar-refractivity contribution is 0.414. The fourth-order valence-electron chi connectivity index (χ4n) is 2.66. The number of hydrogen-bond donors (Lipinski definition) is 1. The molecule has 0 fully saturated rings. The van der Waals surface area contributed by atoms with E-state index in [1.807, 2.05) is 24.3 Å². The van der Waals surface area contributed by atoms with Crippen LogP contribution in [-0.4, -0.2) is 13.7 Å². The SMILES string of the molecule is COc1ccc(CCNCc2ccc(-c3ccc(Br)c(C)c3)o2)cc1. The largest absolute Gasteiger partial charge is 0.497 e. The van der Waals surface area contributed by atoms with Crippen LogP contribution in [-0.2, 0) is 13.0 Å². The topological polar surface area (TPSA) is 34.4 Å². The summed E-state index contributed by atoms with van der Waals surface area (Å²) in [7, 11) is 1.68. The highest BCUT2D eigenvalue weighted by Gasteiger charge is 2.06. The van der Waals surface area contributed by atoms with Crippen LogP contribution in [0.5, 0.6) is 5.75 Å². The third-order valence-corrected chi connectivity index (χ3v) is 5.04. The standard InChI is InChI=1S/C21H22BrNO2/c1-15-13-17(5-9-20(15)22)21-10-8-19(25-21)14-23-12-11-16-3-6-18(24-2)7-4-16/h3-10,13,23H,11-12,14H2,1-2H3. The Labute approximate surface area is 157 Å². The minimum atomic E-state index is 0.728. The second-order valence-corrected chi connectivity index (χ2v) is 6.86. The number of hydrogen-bond acceptors (Lipinski definition) is 3. The van der Waals surface area contributed by atoms with Gasteiger partial charge < -0.3 is 14.5 Å². The first kappa shape index (κ1) is 17.8. The molecule has 0 aliphatic heterocycles. The van der Waals surface area contributed by atoms with Gasteiger partial charge in [-0.25, -0.2) is 0 Å². The van der Waals surface area contributed by atoms with E-state index in [2.05, 4.69) is 58.5 Å². The number of ether oxygens (including phenoxy) is 1. The van der Waals surface area contributed by atoms with Gasteiger partial charge in [0.25, 0.3) is 0 Å². The zero-order chi connectivity index (χ0) is 17.6. The minimum Gasteiger partial charge on any atom is -0.497 e. The van der Waals surface area contributed by atoms with Gasteiger partial charge in [-0.1, -0.05) is 34.1 Å². The van der Waals surface area contributed by atoms with Gasteiger partial charge in [-0.15, -0.1) is 0 Å². The van der Waals surface area contributed by atoms with Crippen LogP contribution in [0.25, 0.3) is 11.3 Å². The Morgan fingerprint density at radius 3 is 2.56 bits per heavy atom. The molecule has 3 rings (SSSR count). The van der Waals surface area contributed by atoms with E-state index in [-0.39, 0.29) is 0 Å². The average Bonchev–Trinajstić information content (AvgIpc) is 3.10. The first-order chi connectivity index (χ1) is 12.2. The number of furan rings is 1. The maximum atomic E-state index is 5.95. The van der Waals surface area contributed by atoms with Crippen molar-refractivity contribution in [2.75, 3.05) is 13.7 Å². The third kappa shape index (κ3) is 4.74. The molecule has 1 heterocycles. The van der Waals surface area contributed by atoms with E-state index in [1.54, 1.807) is 7.11 Å². The summed E-state index contributed by atoms with van der Waals surface area (Å²) < 4.78 is 12.2. The van der Waals surface area contributed by atoms with E-state index in [1.165, 1.54) is 11.1 Å². The van der Waals surface area contributed by atoms with Crippen molar-refractivity contribution in [1.29, 1.82) is 0 Å². The van der Waals surface area contributed by atoms with Gasteiger partial charge in [-0.3, -0.25) is 0 Å². The summed E-state index contributed by atoms with van der Waals surface area (Å²) >= 11 is 3.53. The molecular weight excluding hydrogens is 378 g/mol. The van der Waals surface area contributed by atoms with Crippen molar-refractivity contribution in [1.82, 2.24) is 5.32 Å². The summed E-state index contributed by atoms with van der Waals surface area (Å²) in [6.07, 6.45) is 0.976. The molecular formula is C21H22BrNO2. The van der Waals surface area contributed by atoms with Crippen LogP contribution >= 0.6 is 15.9 Å². The van der Waals surface area contributed by atoms with E-state index in [0.29, 0.717) is 0 Å². The van der Waals surface area contributed by atoms with Gasteiger partial charge in [0, 0.05) is 10.0 Å². The lowest BCUT2D eigenvalue weighted by Gasteiger charge is -2.05. The van der Waals surface area contributed by atoms with Crippen LogP contribution in [0.2, 0.25) is 0 Å². The van der Waals surface area contributed by atoms with E-state index in [9.17, 15) is 0 Å². The second-order valence-electron chi connectivity index (χ2n) is 6.00. The molecule has 1 aromatic heterocycles. The molecule has 130 valence electrons. The molecule has 2 aromatic carbocycles. The van der Waals surface area contributed by atoms with Gasteiger partial charge in [0.1, 0.15) is 17.3 Å². The van der Waals surface area contributed by atoms with Crippen LogP contribution in [0.1, 0.15) is 16.9 Å². The highest BCUT2D eigenvalue weighted by Crippen LogP contribution is 2.26. The Morgan fingerprint density at radius 2 is 1.84 bits per heavy atom. The van der Waals surface area contributed by atoms with Crippen molar-refractivity contribution < 1.29 is 9.15 Å². The molecule has 0 atom stereocenters. The van der Waals surface area contributed by atoms with Crippen LogP contribution in [0.15, 0.2) is 63.5 Å². The van der Waals surface area contributed by atoms with Crippen LogP contribution in [0.4, 0.5) is 0 Å². The van der Waals surface area contributed by atoms with Gasteiger partial charge in [-0.2, -0.15) is 0 Å². The molecule has 4 heteroatoms. The van der Waals surface area contributed by atoms with Gasteiger partial charge in [0.15, 0.2) is 0 Å². The maximum Gasteiger partial charge on any atom is 0.134 e. The number of halogens is 1. The minimum absolute atomic E-state index is 0.728. The molecule has 0 radical (unpaired) electrons. The quantitative estimate of drug-likeness (QED) is 0.543. The van der Waals surface area contributed by atoms with Crippen molar-refractivity contribution in [3.63, 3.8) is 0 Å². The molecule has 3 nitrogen and oxygen atoms in total. The summed E-state index contributed by atoms with van der Waals surface area (Å²) in [5.74, 6) is 2.75. The lowest BCUT2D eigenvalue weighted by Crippen LogP contribution is -2.16. The first-order valence-electron chi connectivity index (χ1n) is 8.34. The molecule has 25 heavy (non-hydrogen) atoms. The van der Waals surface area contributed by atoms with Crippen molar-refractivity contribution in [2.45, 2.75) is 19.9 Å². The number of methoxy groups -OCH3 is 1. The molecule has 1 N–H and O–H groups in total.